The molecule has 19 heavy (non-hydrogen) atoms. The normalized spacial score (nSPS) is 23.9. The zero-order valence-corrected chi connectivity index (χ0v) is 11.2. The first-order chi connectivity index (χ1) is 9.24. The van der Waals surface area contributed by atoms with Gasteiger partial charge in [-0.3, -0.25) is 9.58 Å². The van der Waals surface area contributed by atoms with Crippen LogP contribution in [0.15, 0.2) is 42.6 Å². The number of rotatable bonds is 3. The molecule has 0 unspecified atom stereocenters. The molecule has 2 N–H and O–H groups in total. The van der Waals surface area contributed by atoms with Gasteiger partial charge in [0.05, 0.1) is 0 Å². The summed E-state index contributed by atoms with van der Waals surface area (Å²) < 4.78 is 1.94. The first kappa shape index (κ1) is 12.4. The molecule has 0 aliphatic carbocycles. The van der Waals surface area contributed by atoms with E-state index in [1.807, 2.05) is 17.9 Å². The fraction of sp³-hybridized carbons (Fsp3) is 0.400. The zero-order valence-electron chi connectivity index (χ0n) is 11.2. The quantitative estimate of drug-likeness (QED) is 0.901. The second-order valence-electron chi connectivity index (χ2n) is 5.33. The van der Waals surface area contributed by atoms with Gasteiger partial charge in [0.15, 0.2) is 0 Å². The van der Waals surface area contributed by atoms with E-state index in [4.69, 9.17) is 5.73 Å². The highest BCUT2D eigenvalue weighted by Crippen LogP contribution is 2.26. The minimum Gasteiger partial charge on any atom is -0.326 e. The molecule has 2 heterocycles. The second-order valence-corrected chi connectivity index (χ2v) is 5.33. The van der Waals surface area contributed by atoms with Gasteiger partial charge in [-0.15, -0.1) is 0 Å². The summed E-state index contributed by atoms with van der Waals surface area (Å²) in [6.45, 7) is 2.93. The lowest BCUT2D eigenvalue weighted by Crippen LogP contribution is -2.29. The van der Waals surface area contributed by atoms with E-state index in [2.05, 4.69) is 46.4 Å². The molecule has 2 aromatic rings. The molecule has 1 aromatic carbocycles. The van der Waals surface area contributed by atoms with Gasteiger partial charge in [0, 0.05) is 50.5 Å². The van der Waals surface area contributed by atoms with Crippen molar-refractivity contribution in [2.45, 2.75) is 18.5 Å². The molecular formula is C15H20N4. The van der Waals surface area contributed by atoms with Crippen molar-refractivity contribution in [3.63, 3.8) is 0 Å². The minimum absolute atomic E-state index is 0.194. The zero-order chi connectivity index (χ0) is 13.2. The standard InChI is InChI=1S/C15H20N4/c1-18-15(7-8-17-18)13-10-19(11-14(13)16)9-12-5-3-2-4-6-12/h2-8,13-14H,9-11,16H2,1H3/t13-,14-/m1/s1. The van der Waals surface area contributed by atoms with Crippen molar-refractivity contribution >= 4 is 0 Å². The molecule has 1 saturated heterocycles. The number of hydrogen-bond acceptors (Lipinski definition) is 3. The van der Waals surface area contributed by atoms with E-state index in [-0.39, 0.29) is 6.04 Å². The van der Waals surface area contributed by atoms with E-state index >= 15 is 0 Å². The number of nitrogens with zero attached hydrogens (tertiary/aromatic N) is 3. The summed E-state index contributed by atoms with van der Waals surface area (Å²) in [5, 5.41) is 4.25. The summed E-state index contributed by atoms with van der Waals surface area (Å²) in [7, 11) is 1.99. The summed E-state index contributed by atoms with van der Waals surface area (Å²) in [6.07, 6.45) is 1.85. The number of aromatic nitrogens is 2. The van der Waals surface area contributed by atoms with Crippen LogP contribution in [0.1, 0.15) is 17.2 Å². The van der Waals surface area contributed by atoms with Crippen LogP contribution in [0.25, 0.3) is 0 Å². The summed E-state index contributed by atoms with van der Waals surface area (Å²) in [4.78, 5) is 2.43. The van der Waals surface area contributed by atoms with Crippen molar-refractivity contribution in [3.8, 4) is 0 Å². The van der Waals surface area contributed by atoms with Crippen LogP contribution in [-0.2, 0) is 13.6 Å². The highest BCUT2D eigenvalue weighted by Gasteiger charge is 2.32. The Balaban J connectivity index is 1.70. The maximum absolute atomic E-state index is 6.30. The molecule has 0 spiro atoms. The van der Waals surface area contributed by atoms with Crippen LogP contribution in [0.2, 0.25) is 0 Å². The highest BCUT2D eigenvalue weighted by molar-refractivity contribution is 5.18. The molecule has 1 aliphatic rings. The predicted molar refractivity (Wildman–Crippen MR) is 75.6 cm³/mol. The van der Waals surface area contributed by atoms with Crippen molar-refractivity contribution in [1.82, 2.24) is 14.7 Å². The Hall–Kier alpha value is -1.65. The first-order valence-electron chi connectivity index (χ1n) is 6.74. The number of benzene rings is 1. The van der Waals surface area contributed by atoms with Gasteiger partial charge in [0.2, 0.25) is 0 Å². The SMILES string of the molecule is Cn1nccc1[C@@H]1CN(Cc2ccccc2)C[C@H]1N. The largest absolute Gasteiger partial charge is 0.326 e. The van der Waals surface area contributed by atoms with Gasteiger partial charge in [0.25, 0.3) is 0 Å². The Kier molecular flexibility index (Phi) is 3.36. The molecule has 4 nitrogen and oxygen atoms in total. The monoisotopic (exact) mass is 256 g/mol. The van der Waals surface area contributed by atoms with Crippen LogP contribution >= 0.6 is 0 Å². The Morgan fingerprint density at radius 2 is 2.00 bits per heavy atom. The summed E-state index contributed by atoms with van der Waals surface area (Å²) in [5.41, 5.74) is 8.89. The number of nitrogens with two attached hydrogens (primary N) is 1. The van der Waals surface area contributed by atoms with E-state index < -0.39 is 0 Å². The molecule has 4 heteroatoms. The third kappa shape index (κ3) is 2.55. The Bertz CT molecular complexity index is 534. The van der Waals surface area contributed by atoms with E-state index in [0.717, 1.165) is 19.6 Å². The number of hydrogen-bond donors (Lipinski definition) is 1. The third-order valence-electron chi connectivity index (χ3n) is 3.93. The molecule has 3 rings (SSSR count). The van der Waals surface area contributed by atoms with Crippen molar-refractivity contribution in [2.75, 3.05) is 13.1 Å². The average Bonchev–Trinajstić information content (AvgIpc) is 2.97. The van der Waals surface area contributed by atoms with E-state index in [0.29, 0.717) is 5.92 Å². The average molecular weight is 256 g/mol. The first-order valence-corrected chi connectivity index (χ1v) is 6.74. The highest BCUT2D eigenvalue weighted by atomic mass is 15.3. The van der Waals surface area contributed by atoms with Crippen LogP contribution < -0.4 is 5.73 Å². The Morgan fingerprint density at radius 3 is 2.68 bits per heavy atom. The van der Waals surface area contributed by atoms with Crippen LogP contribution in [0, 0.1) is 0 Å². The van der Waals surface area contributed by atoms with Gasteiger partial charge >= 0.3 is 0 Å². The van der Waals surface area contributed by atoms with Gasteiger partial charge in [-0.1, -0.05) is 30.3 Å². The van der Waals surface area contributed by atoms with Crippen molar-refractivity contribution in [3.05, 3.63) is 53.9 Å². The van der Waals surface area contributed by atoms with Gasteiger partial charge in [-0.25, -0.2) is 0 Å². The Morgan fingerprint density at radius 1 is 1.21 bits per heavy atom. The molecule has 1 fully saturated rings. The number of likely N-dealkylation sites (tertiary alicyclic amines) is 1. The topological polar surface area (TPSA) is 47.1 Å². The molecule has 0 amide bonds. The molecule has 100 valence electrons. The van der Waals surface area contributed by atoms with E-state index in [9.17, 15) is 0 Å². The molecule has 1 aliphatic heterocycles. The van der Waals surface area contributed by atoms with Crippen molar-refractivity contribution in [2.24, 2.45) is 12.8 Å². The molecule has 2 atom stereocenters. The third-order valence-corrected chi connectivity index (χ3v) is 3.93. The van der Waals surface area contributed by atoms with E-state index in [1.54, 1.807) is 0 Å². The van der Waals surface area contributed by atoms with Crippen molar-refractivity contribution < 1.29 is 0 Å². The van der Waals surface area contributed by atoms with Gasteiger partial charge in [-0.2, -0.15) is 5.10 Å². The van der Waals surface area contributed by atoms with Crippen LogP contribution in [0.5, 0.6) is 0 Å². The van der Waals surface area contributed by atoms with E-state index in [1.165, 1.54) is 11.3 Å². The molecule has 0 bridgehead atoms. The fourth-order valence-corrected chi connectivity index (χ4v) is 2.94. The second kappa shape index (κ2) is 5.15. The smallest absolute Gasteiger partial charge is 0.0492 e. The number of aryl methyl sites for hydroxylation is 1. The maximum atomic E-state index is 6.30. The van der Waals surface area contributed by atoms with Crippen LogP contribution in [-0.4, -0.2) is 33.8 Å². The molecule has 0 radical (unpaired) electrons. The minimum atomic E-state index is 0.194. The molecule has 1 aromatic heterocycles. The molecule has 0 saturated carbocycles. The van der Waals surface area contributed by atoms with Gasteiger partial charge in [-0.05, 0) is 11.6 Å². The summed E-state index contributed by atoms with van der Waals surface area (Å²) >= 11 is 0. The lowest BCUT2D eigenvalue weighted by molar-refractivity contribution is 0.323. The van der Waals surface area contributed by atoms with Crippen LogP contribution in [0.3, 0.4) is 0 Å². The predicted octanol–water partition coefficient (Wildman–Crippen LogP) is 1.35. The summed E-state index contributed by atoms with van der Waals surface area (Å²) in [6, 6.07) is 12.8. The van der Waals surface area contributed by atoms with Gasteiger partial charge in [0.1, 0.15) is 0 Å². The van der Waals surface area contributed by atoms with Gasteiger partial charge < -0.3 is 5.73 Å². The fourth-order valence-electron chi connectivity index (χ4n) is 2.94. The maximum Gasteiger partial charge on any atom is 0.0492 e. The Labute approximate surface area is 113 Å². The lowest BCUT2D eigenvalue weighted by Gasteiger charge is -2.16. The molecular weight excluding hydrogens is 236 g/mol. The van der Waals surface area contributed by atoms with Crippen molar-refractivity contribution in [1.29, 1.82) is 0 Å². The summed E-state index contributed by atoms with van der Waals surface area (Å²) in [5.74, 6) is 0.385. The van der Waals surface area contributed by atoms with Crippen LogP contribution in [0.4, 0.5) is 0 Å². The lowest BCUT2D eigenvalue weighted by atomic mass is 10.0.